The molecule has 1 saturated heterocycles. The number of amides is 1. The number of nitrogens with zero attached hydrogens (tertiary/aromatic N) is 6. The second-order valence-corrected chi connectivity index (χ2v) is 5.79. The summed E-state index contributed by atoms with van der Waals surface area (Å²) in [6.45, 7) is 2.54. The normalized spacial score (nSPS) is 18.0. The van der Waals surface area contributed by atoms with Gasteiger partial charge in [0.25, 0.3) is 5.91 Å². The number of likely N-dealkylation sites (tertiary alicyclic amines) is 1. The number of hydrogen-bond acceptors (Lipinski definition) is 6. The van der Waals surface area contributed by atoms with E-state index in [-0.39, 0.29) is 11.9 Å². The number of hydrogen-bond donors (Lipinski definition) is 0. The molecule has 23 heavy (non-hydrogen) atoms. The summed E-state index contributed by atoms with van der Waals surface area (Å²) in [7, 11) is 1.83. The number of pyridine rings is 1. The third kappa shape index (κ3) is 2.18. The molecule has 4 rings (SSSR count). The summed E-state index contributed by atoms with van der Waals surface area (Å²) in [6.07, 6.45) is 5.09. The van der Waals surface area contributed by atoms with Crippen LogP contribution in [0.2, 0.25) is 0 Å². The van der Waals surface area contributed by atoms with Crippen LogP contribution < -0.4 is 0 Å². The molecule has 118 valence electrons. The molecule has 3 aromatic heterocycles. The lowest BCUT2D eigenvalue weighted by Crippen LogP contribution is -2.31. The number of rotatable bonds is 2. The summed E-state index contributed by atoms with van der Waals surface area (Å²) in [5.41, 5.74) is 3.65. The third-order valence-electron chi connectivity index (χ3n) is 4.36. The number of aromatic nitrogens is 5. The van der Waals surface area contributed by atoms with Crippen molar-refractivity contribution in [1.29, 1.82) is 0 Å². The molecule has 0 bridgehead atoms. The molecule has 1 aliphatic heterocycles. The standard InChI is InChI=1S/C15H16N6O2/c1-9-14(19-23-18-9)12-4-3-5-21(12)15(22)10-6-13-11(16-7-10)8-17-20(13)2/h6-8,12H,3-5H2,1-2H3. The van der Waals surface area contributed by atoms with Gasteiger partial charge in [0.15, 0.2) is 0 Å². The number of fused-ring (bicyclic) bond motifs is 1. The van der Waals surface area contributed by atoms with Crippen LogP contribution in [0.3, 0.4) is 0 Å². The van der Waals surface area contributed by atoms with E-state index in [1.807, 2.05) is 24.9 Å². The first-order valence-corrected chi connectivity index (χ1v) is 7.53. The van der Waals surface area contributed by atoms with Crippen molar-refractivity contribution >= 4 is 16.9 Å². The van der Waals surface area contributed by atoms with E-state index in [1.54, 1.807) is 17.1 Å². The minimum atomic E-state index is -0.0871. The molecule has 8 heteroatoms. The second kappa shape index (κ2) is 5.15. The van der Waals surface area contributed by atoms with Crippen molar-refractivity contribution < 1.29 is 9.42 Å². The topological polar surface area (TPSA) is 89.9 Å². The molecule has 1 aliphatic rings. The van der Waals surface area contributed by atoms with Gasteiger partial charge in [-0.2, -0.15) is 5.10 Å². The Labute approximate surface area is 132 Å². The fourth-order valence-corrected chi connectivity index (χ4v) is 3.14. The summed E-state index contributed by atoms with van der Waals surface area (Å²) in [4.78, 5) is 19.1. The zero-order valence-electron chi connectivity index (χ0n) is 12.9. The van der Waals surface area contributed by atoms with Crippen LogP contribution >= 0.6 is 0 Å². The van der Waals surface area contributed by atoms with Crippen molar-refractivity contribution in [2.24, 2.45) is 7.05 Å². The van der Waals surface area contributed by atoms with Crippen LogP contribution in [0, 0.1) is 6.92 Å². The van der Waals surface area contributed by atoms with Gasteiger partial charge in [-0.05, 0) is 25.8 Å². The fourth-order valence-electron chi connectivity index (χ4n) is 3.14. The van der Waals surface area contributed by atoms with E-state index in [1.165, 1.54) is 0 Å². The molecule has 1 atom stereocenters. The van der Waals surface area contributed by atoms with E-state index in [0.717, 1.165) is 35.3 Å². The lowest BCUT2D eigenvalue weighted by Gasteiger charge is -2.23. The van der Waals surface area contributed by atoms with Gasteiger partial charge in [0.2, 0.25) is 0 Å². The number of aryl methyl sites for hydroxylation is 2. The quantitative estimate of drug-likeness (QED) is 0.714. The third-order valence-corrected chi connectivity index (χ3v) is 4.36. The Morgan fingerprint density at radius 2 is 2.22 bits per heavy atom. The molecule has 4 heterocycles. The highest BCUT2D eigenvalue weighted by Gasteiger charge is 2.34. The lowest BCUT2D eigenvalue weighted by atomic mass is 10.1. The highest BCUT2D eigenvalue weighted by molar-refractivity contribution is 5.97. The summed E-state index contributed by atoms with van der Waals surface area (Å²) in [5, 5.41) is 12.0. The van der Waals surface area contributed by atoms with Crippen LogP contribution in [0.15, 0.2) is 23.1 Å². The maximum absolute atomic E-state index is 12.9. The van der Waals surface area contributed by atoms with Crippen LogP contribution in [0.5, 0.6) is 0 Å². The fraction of sp³-hybridized carbons (Fsp3) is 0.400. The molecule has 3 aromatic rings. The smallest absolute Gasteiger partial charge is 0.256 e. The van der Waals surface area contributed by atoms with Crippen LogP contribution in [-0.4, -0.2) is 42.4 Å². The van der Waals surface area contributed by atoms with Crippen LogP contribution in [-0.2, 0) is 7.05 Å². The molecule has 1 fully saturated rings. The van der Waals surface area contributed by atoms with Crippen LogP contribution in [0.4, 0.5) is 0 Å². The van der Waals surface area contributed by atoms with Crippen molar-refractivity contribution in [3.63, 3.8) is 0 Å². The Balaban J connectivity index is 1.69. The largest absolute Gasteiger partial charge is 0.330 e. The monoisotopic (exact) mass is 312 g/mol. The van der Waals surface area contributed by atoms with E-state index < -0.39 is 0 Å². The predicted octanol–water partition coefficient (Wildman–Crippen LogP) is 1.64. The van der Waals surface area contributed by atoms with Gasteiger partial charge in [-0.15, -0.1) is 0 Å². The summed E-state index contributed by atoms with van der Waals surface area (Å²) in [5.74, 6) is -0.0505. The maximum atomic E-state index is 12.9. The van der Waals surface area contributed by atoms with Gasteiger partial charge in [0.05, 0.1) is 23.3 Å². The average molecular weight is 312 g/mol. The van der Waals surface area contributed by atoms with Gasteiger partial charge in [-0.3, -0.25) is 14.5 Å². The first kappa shape index (κ1) is 13.9. The van der Waals surface area contributed by atoms with Gasteiger partial charge in [-0.25, -0.2) is 4.63 Å². The molecular formula is C15H16N6O2. The highest BCUT2D eigenvalue weighted by Crippen LogP contribution is 2.33. The molecule has 1 amide bonds. The van der Waals surface area contributed by atoms with Gasteiger partial charge in [0, 0.05) is 19.8 Å². The second-order valence-electron chi connectivity index (χ2n) is 5.79. The molecule has 8 nitrogen and oxygen atoms in total. The number of carbonyl (C=O) groups excluding carboxylic acids is 1. The van der Waals surface area contributed by atoms with Gasteiger partial charge in [-0.1, -0.05) is 10.3 Å². The van der Waals surface area contributed by atoms with E-state index in [2.05, 4.69) is 20.4 Å². The molecule has 1 unspecified atom stereocenters. The Morgan fingerprint density at radius 1 is 1.35 bits per heavy atom. The Hall–Kier alpha value is -2.77. The van der Waals surface area contributed by atoms with Crippen molar-refractivity contribution in [3.05, 3.63) is 35.4 Å². The Bertz CT molecular complexity index is 883. The van der Waals surface area contributed by atoms with E-state index in [4.69, 9.17) is 4.63 Å². The SMILES string of the molecule is Cc1nonc1C1CCCN1C(=O)c1cnc2cnn(C)c2c1. The molecule has 0 aromatic carbocycles. The van der Waals surface area contributed by atoms with Crippen molar-refractivity contribution in [1.82, 2.24) is 30.0 Å². The Morgan fingerprint density at radius 3 is 3.00 bits per heavy atom. The van der Waals surface area contributed by atoms with E-state index in [0.29, 0.717) is 12.1 Å². The summed E-state index contributed by atoms with van der Waals surface area (Å²) < 4.78 is 6.51. The van der Waals surface area contributed by atoms with E-state index in [9.17, 15) is 4.79 Å². The minimum Gasteiger partial charge on any atom is -0.330 e. The molecule has 0 saturated carbocycles. The van der Waals surface area contributed by atoms with Gasteiger partial charge >= 0.3 is 0 Å². The lowest BCUT2D eigenvalue weighted by molar-refractivity contribution is 0.0730. The molecular weight excluding hydrogens is 296 g/mol. The minimum absolute atomic E-state index is 0.0505. The van der Waals surface area contributed by atoms with E-state index >= 15 is 0 Å². The number of carbonyl (C=O) groups is 1. The first-order chi connectivity index (χ1) is 11.1. The summed E-state index contributed by atoms with van der Waals surface area (Å²) in [6, 6.07) is 1.75. The molecule has 0 radical (unpaired) electrons. The molecule has 0 aliphatic carbocycles. The van der Waals surface area contributed by atoms with Gasteiger partial charge < -0.3 is 4.90 Å². The highest BCUT2D eigenvalue weighted by atomic mass is 16.6. The maximum Gasteiger partial charge on any atom is 0.256 e. The first-order valence-electron chi connectivity index (χ1n) is 7.53. The van der Waals surface area contributed by atoms with Gasteiger partial charge in [0.1, 0.15) is 16.9 Å². The Kier molecular flexibility index (Phi) is 3.10. The van der Waals surface area contributed by atoms with Crippen molar-refractivity contribution in [2.45, 2.75) is 25.8 Å². The average Bonchev–Trinajstić information content (AvgIpc) is 3.26. The van der Waals surface area contributed by atoms with Crippen molar-refractivity contribution in [2.75, 3.05) is 6.54 Å². The summed E-state index contributed by atoms with van der Waals surface area (Å²) >= 11 is 0. The zero-order valence-corrected chi connectivity index (χ0v) is 12.9. The molecule has 0 spiro atoms. The van der Waals surface area contributed by atoms with Crippen LogP contribution in [0.25, 0.3) is 11.0 Å². The molecule has 0 N–H and O–H groups in total. The van der Waals surface area contributed by atoms with Crippen LogP contribution in [0.1, 0.15) is 40.6 Å². The van der Waals surface area contributed by atoms with Crippen molar-refractivity contribution in [3.8, 4) is 0 Å². The zero-order chi connectivity index (χ0) is 16.0. The predicted molar refractivity (Wildman–Crippen MR) is 80.6 cm³/mol.